The van der Waals surface area contributed by atoms with E-state index in [4.69, 9.17) is 14.2 Å². The third-order valence-corrected chi connectivity index (χ3v) is 8.12. The molecule has 2 aliphatic rings. The fourth-order valence-corrected chi connectivity index (χ4v) is 6.31. The van der Waals surface area contributed by atoms with Crippen LogP contribution in [0.3, 0.4) is 0 Å². The molecule has 3 aromatic carbocycles. The molecule has 214 valence electrons. The number of Topliss-reactive ketones (excluding diaryl/α,β-unsaturated/α-hetero) is 1. The summed E-state index contributed by atoms with van der Waals surface area (Å²) >= 11 is 1.08. The number of thiazole rings is 1. The van der Waals surface area contributed by atoms with E-state index in [2.05, 4.69) is 11.6 Å². The predicted molar refractivity (Wildman–Crippen MR) is 158 cm³/mol. The molecule has 1 saturated heterocycles. The Hall–Kier alpha value is -4.70. The lowest BCUT2D eigenvalue weighted by Crippen LogP contribution is -2.29. The number of aromatic nitrogens is 1. The van der Waals surface area contributed by atoms with E-state index >= 15 is 0 Å². The van der Waals surface area contributed by atoms with Crippen molar-refractivity contribution in [2.45, 2.75) is 32.4 Å². The molecule has 42 heavy (non-hydrogen) atoms. The van der Waals surface area contributed by atoms with E-state index in [9.17, 15) is 19.1 Å². The number of amides is 1. The van der Waals surface area contributed by atoms with Crippen molar-refractivity contribution in [1.29, 1.82) is 0 Å². The summed E-state index contributed by atoms with van der Waals surface area (Å²) in [5.74, 6) is -0.905. The number of ether oxygens (including phenoxy) is 3. The first kappa shape index (κ1) is 27.5. The highest BCUT2D eigenvalue weighted by atomic mass is 32.1. The molecule has 0 unspecified atom stereocenters. The lowest BCUT2D eigenvalue weighted by molar-refractivity contribution is -0.132. The van der Waals surface area contributed by atoms with Gasteiger partial charge in [0.2, 0.25) is 0 Å². The van der Waals surface area contributed by atoms with Gasteiger partial charge in [0, 0.05) is 12.0 Å². The maximum Gasteiger partial charge on any atom is 0.301 e. The first-order chi connectivity index (χ1) is 20.3. The smallest absolute Gasteiger partial charge is 0.301 e. The minimum absolute atomic E-state index is 0.00865. The summed E-state index contributed by atoms with van der Waals surface area (Å²) in [6.07, 6.45) is 2.25. The zero-order valence-electron chi connectivity index (χ0n) is 22.9. The molecule has 1 amide bonds. The maximum absolute atomic E-state index is 14.0. The maximum atomic E-state index is 14.0. The molecule has 0 bridgehead atoms. The highest BCUT2D eigenvalue weighted by molar-refractivity contribution is 7.22. The molecule has 2 atom stereocenters. The van der Waals surface area contributed by atoms with Crippen molar-refractivity contribution >= 4 is 44.1 Å². The highest BCUT2D eigenvalue weighted by Gasteiger charge is 2.48. The number of carbonyl (C=O) groups is 2. The van der Waals surface area contributed by atoms with E-state index < -0.39 is 23.5 Å². The SMILES string of the molecule is C=CCOc1ccc([C@@H]2C(=C(O)c3ccc4c(c3)C[C@@H](C)O4)C(=O)C(=O)N2c2nc3ccc(F)cc3s2)cc1OCC. The predicted octanol–water partition coefficient (Wildman–Crippen LogP) is 6.35. The fourth-order valence-electron chi connectivity index (χ4n) is 5.29. The first-order valence-electron chi connectivity index (χ1n) is 13.5. The van der Waals surface area contributed by atoms with Crippen LogP contribution in [-0.4, -0.2) is 41.1 Å². The number of ketones is 1. The number of nitrogens with zero attached hydrogens (tertiary/aromatic N) is 2. The van der Waals surface area contributed by atoms with Gasteiger partial charge in [0.1, 0.15) is 30.0 Å². The van der Waals surface area contributed by atoms with E-state index in [0.29, 0.717) is 51.6 Å². The van der Waals surface area contributed by atoms with Crippen molar-refractivity contribution < 1.29 is 33.3 Å². The van der Waals surface area contributed by atoms with Gasteiger partial charge in [0.05, 0.1) is 28.4 Å². The van der Waals surface area contributed by atoms with Crippen LogP contribution in [0.4, 0.5) is 9.52 Å². The van der Waals surface area contributed by atoms with E-state index in [1.165, 1.54) is 23.1 Å². The van der Waals surface area contributed by atoms with Gasteiger partial charge in [0.15, 0.2) is 16.6 Å². The van der Waals surface area contributed by atoms with Crippen molar-refractivity contribution in [2.24, 2.45) is 0 Å². The van der Waals surface area contributed by atoms with Gasteiger partial charge < -0.3 is 19.3 Å². The first-order valence-corrected chi connectivity index (χ1v) is 14.3. The molecule has 0 radical (unpaired) electrons. The molecular formula is C32H27FN2O6S. The van der Waals surface area contributed by atoms with Crippen LogP contribution < -0.4 is 19.1 Å². The normalized spacial score (nSPS) is 19.2. The molecule has 4 aromatic rings. The summed E-state index contributed by atoms with van der Waals surface area (Å²) < 4.78 is 31.9. The monoisotopic (exact) mass is 586 g/mol. The van der Waals surface area contributed by atoms with Crippen LogP contribution in [0.2, 0.25) is 0 Å². The Morgan fingerprint density at radius 1 is 1.17 bits per heavy atom. The van der Waals surface area contributed by atoms with Gasteiger partial charge in [-0.1, -0.05) is 30.1 Å². The number of fused-ring (bicyclic) bond motifs is 2. The van der Waals surface area contributed by atoms with E-state index in [-0.39, 0.29) is 29.2 Å². The molecule has 0 spiro atoms. The lowest BCUT2D eigenvalue weighted by atomic mass is 9.94. The van der Waals surface area contributed by atoms with Crippen LogP contribution in [0.5, 0.6) is 17.2 Å². The molecule has 0 aliphatic carbocycles. The molecule has 8 nitrogen and oxygen atoms in total. The van der Waals surface area contributed by atoms with E-state index in [1.807, 2.05) is 13.8 Å². The minimum atomic E-state index is -1.05. The van der Waals surface area contributed by atoms with Gasteiger partial charge in [-0.05, 0) is 73.5 Å². The number of rotatable bonds is 8. The van der Waals surface area contributed by atoms with Gasteiger partial charge in [-0.3, -0.25) is 14.5 Å². The summed E-state index contributed by atoms with van der Waals surface area (Å²) in [6, 6.07) is 13.3. The van der Waals surface area contributed by atoms with Crippen molar-refractivity contribution in [1.82, 2.24) is 4.98 Å². The van der Waals surface area contributed by atoms with E-state index in [1.54, 1.807) is 42.5 Å². The number of hydrogen-bond donors (Lipinski definition) is 1. The molecule has 1 aromatic heterocycles. The third-order valence-electron chi connectivity index (χ3n) is 7.10. The van der Waals surface area contributed by atoms with Crippen molar-refractivity contribution in [3.05, 3.63) is 95.3 Å². The summed E-state index contributed by atoms with van der Waals surface area (Å²) in [4.78, 5) is 33.1. The highest BCUT2D eigenvalue weighted by Crippen LogP contribution is 2.46. The number of aliphatic hydroxyl groups excluding tert-OH is 1. The van der Waals surface area contributed by atoms with Gasteiger partial charge in [-0.15, -0.1) is 0 Å². The minimum Gasteiger partial charge on any atom is -0.507 e. The number of aliphatic hydroxyl groups is 1. The van der Waals surface area contributed by atoms with Crippen LogP contribution in [0.15, 0.2) is 72.8 Å². The number of benzene rings is 3. The molecule has 1 N–H and O–H groups in total. The second-order valence-electron chi connectivity index (χ2n) is 9.97. The van der Waals surface area contributed by atoms with Gasteiger partial charge in [0.25, 0.3) is 5.78 Å². The van der Waals surface area contributed by atoms with Crippen LogP contribution in [0.25, 0.3) is 16.0 Å². The Morgan fingerprint density at radius 3 is 2.79 bits per heavy atom. The molecular weight excluding hydrogens is 559 g/mol. The topological polar surface area (TPSA) is 98.2 Å². The molecule has 10 heteroatoms. The van der Waals surface area contributed by atoms with E-state index in [0.717, 1.165) is 16.9 Å². The zero-order valence-corrected chi connectivity index (χ0v) is 23.7. The molecule has 2 aliphatic heterocycles. The summed E-state index contributed by atoms with van der Waals surface area (Å²) in [6.45, 7) is 8.05. The Kier molecular flexibility index (Phi) is 7.16. The Labute approximate surface area is 245 Å². The van der Waals surface area contributed by atoms with Crippen molar-refractivity contribution in [3.63, 3.8) is 0 Å². The largest absolute Gasteiger partial charge is 0.507 e. The average Bonchev–Trinajstić information content (AvgIpc) is 3.63. The molecule has 1 fully saturated rings. The summed E-state index contributed by atoms with van der Waals surface area (Å²) in [7, 11) is 0. The third kappa shape index (κ3) is 4.77. The number of anilines is 1. The lowest BCUT2D eigenvalue weighted by Gasteiger charge is -2.24. The summed E-state index contributed by atoms with van der Waals surface area (Å²) in [5.41, 5.74) is 2.16. The number of carbonyl (C=O) groups excluding carboxylic acids is 2. The fraction of sp³-hybridized carbons (Fsp3) is 0.219. The van der Waals surface area contributed by atoms with Crippen molar-refractivity contribution in [3.8, 4) is 17.2 Å². The van der Waals surface area contributed by atoms with Gasteiger partial charge >= 0.3 is 5.91 Å². The molecule has 6 rings (SSSR count). The standard InChI is InChI=1S/C32H27FN2O6S/c1-4-12-40-24-11-6-18(15-25(24)39-5-2)28-27(29(36)19-7-10-23-20(14-19)13-17(3)41-23)30(37)31(38)35(28)32-34-22-9-8-21(33)16-26(22)42-32/h4,6-11,14-17,28,36H,1,5,12-13H2,2-3H3/t17-,28-/m1/s1. The average molecular weight is 587 g/mol. The van der Waals surface area contributed by atoms with Gasteiger partial charge in [-0.25, -0.2) is 9.37 Å². The van der Waals surface area contributed by atoms with Crippen LogP contribution in [-0.2, 0) is 16.0 Å². The Morgan fingerprint density at radius 2 is 2.00 bits per heavy atom. The van der Waals surface area contributed by atoms with Crippen LogP contribution in [0.1, 0.15) is 36.6 Å². The quantitative estimate of drug-likeness (QED) is 0.111. The number of hydrogen-bond acceptors (Lipinski definition) is 8. The summed E-state index contributed by atoms with van der Waals surface area (Å²) in [5, 5.41) is 11.8. The second kappa shape index (κ2) is 10.9. The van der Waals surface area contributed by atoms with Gasteiger partial charge in [-0.2, -0.15) is 0 Å². The second-order valence-corrected chi connectivity index (χ2v) is 11.0. The zero-order chi connectivity index (χ0) is 29.5. The Balaban J connectivity index is 1.54. The Bertz CT molecular complexity index is 1780. The van der Waals surface area contributed by atoms with Crippen LogP contribution in [0, 0.1) is 5.82 Å². The van der Waals surface area contributed by atoms with Crippen LogP contribution >= 0.6 is 11.3 Å². The molecule has 0 saturated carbocycles. The van der Waals surface area contributed by atoms with Crippen molar-refractivity contribution in [2.75, 3.05) is 18.1 Å². The molecule has 3 heterocycles. The number of halogens is 1.